The van der Waals surface area contributed by atoms with Crippen molar-refractivity contribution < 1.29 is 13.5 Å². The molecule has 1 N–H and O–H groups in total. The first-order valence-corrected chi connectivity index (χ1v) is 9.79. The lowest BCUT2D eigenvalue weighted by atomic mass is 10.0. The summed E-state index contributed by atoms with van der Waals surface area (Å²) in [5.41, 5.74) is 1.69. The fourth-order valence-electron chi connectivity index (χ4n) is 3.29. The van der Waals surface area contributed by atoms with E-state index in [9.17, 15) is 8.78 Å². The molecule has 3 rings (SSSR count). The van der Waals surface area contributed by atoms with Crippen molar-refractivity contribution in [3.05, 3.63) is 71.3 Å². The van der Waals surface area contributed by atoms with E-state index < -0.39 is 0 Å². The van der Waals surface area contributed by atoms with E-state index >= 15 is 0 Å². The van der Waals surface area contributed by atoms with E-state index in [1.807, 2.05) is 7.05 Å². The first-order chi connectivity index (χ1) is 13.6. The number of ether oxygens (including phenoxy) is 1. The molecule has 0 spiro atoms. The molecule has 2 aromatic carbocycles. The zero-order chi connectivity index (χ0) is 19.9. The van der Waals surface area contributed by atoms with E-state index in [2.05, 4.69) is 15.1 Å². The molecule has 7 heteroatoms. The van der Waals surface area contributed by atoms with Crippen molar-refractivity contribution in [1.82, 2.24) is 15.1 Å². The summed E-state index contributed by atoms with van der Waals surface area (Å²) in [6.45, 7) is 4.93. The van der Waals surface area contributed by atoms with E-state index in [0.29, 0.717) is 6.61 Å². The molecule has 1 heterocycles. The maximum absolute atomic E-state index is 13.3. The Kier molecular flexibility index (Phi) is 7.30. The van der Waals surface area contributed by atoms with Crippen LogP contribution in [-0.2, 0) is 4.74 Å². The normalized spacial score (nSPS) is 15.1. The maximum Gasteiger partial charge on any atom is 0.168 e. The molecule has 0 aromatic heterocycles. The minimum atomic E-state index is -0.362. The van der Waals surface area contributed by atoms with Crippen LogP contribution in [0.1, 0.15) is 17.2 Å². The molecule has 0 aliphatic carbocycles. The van der Waals surface area contributed by atoms with E-state index in [4.69, 9.17) is 17.0 Å². The summed E-state index contributed by atoms with van der Waals surface area (Å²) in [4.78, 5) is 4.49. The summed E-state index contributed by atoms with van der Waals surface area (Å²) < 4.78 is 32.8. The van der Waals surface area contributed by atoms with Gasteiger partial charge in [-0.25, -0.2) is 8.78 Å². The Morgan fingerprint density at radius 3 is 1.93 bits per heavy atom. The molecule has 0 bridgehead atoms. The average molecular weight is 406 g/mol. The first-order valence-electron chi connectivity index (χ1n) is 9.38. The van der Waals surface area contributed by atoms with E-state index in [0.717, 1.165) is 49.0 Å². The molecule has 4 nitrogen and oxygen atoms in total. The standard InChI is InChI=1S/C21H25F2N3OS/c1-24-21(28)26-12-10-25(11-13-26)14-15-27-20(16-2-6-18(22)7-3-16)17-4-8-19(23)9-5-17/h2-9,20H,10-15H2,1H3,(H,24,28). The van der Waals surface area contributed by atoms with Gasteiger partial charge in [-0.2, -0.15) is 0 Å². The third-order valence-corrected chi connectivity index (χ3v) is 5.37. The number of rotatable bonds is 6. The summed E-state index contributed by atoms with van der Waals surface area (Å²) in [6.07, 6.45) is -0.362. The van der Waals surface area contributed by atoms with Crippen molar-refractivity contribution in [2.24, 2.45) is 0 Å². The summed E-state index contributed by atoms with van der Waals surface area (Å²) in [5.74, 6) is -0.585. The predicted octanol–water partition coefficient (Wildman–Crippen LogP) is 3.19. The van der Waals surface area contributed by atoms with Crippen molar-refractivity contribution in [2.75, 3.05) is 46.4 Å². The van der Waals surface area contributed by atoms with Gasteiger partial charge in [-0.15, -0.1) is 0 Å². The Morgan fingerprint density at radius 1 is 0.964 bits per heavy atom. The number of thiocarbonyl (C=S) groups is 1. The van der Waals surface area contributed by atoms with Gasteiger partial charge in [0.25, 0.3) is 0 Å². The van der Waals surface area contributed by atoms with Crippen LogP contribution in [0, 0.1) is 11.6 Å². The van der Waals surface area contributed by atoms with Gasteiger partial charge in [0.05, 0.1) is 6.61 Å². The Labute approximate surface area is 170 Å². The minimum Gasteiger partial charge on any atom is -0.367 e. The van der Waals surface area contributed by atoms with Crippen LogP contribution in [0.3, 0.4) is 0 Å². The second-order valence-electron chi connectivity index (χ2n) is 6.74. The van der Waals surface area contributed by atoms with Crippen molar-refractivity contribution in [1.29, 1.82) is 0 Å². The topological polar surface area (TPSA) is 27.7 Å². The molecular formula is C21H25F2N3OS. The number of nitrogens with zero attached hydrogens (tertiary/aromatic N) is 2. The van der Waals surface area contributed by atoms with Crippen LogP contribution in [0.15, 0.2) is 48.5 Å². The molecule has 2 aromatic rings. The molecule has 1 saturated heterocycles. The van der Waals surface area contributed by atoms with Crippen molar-refractivity contribution in [2.45, 2.75) is 6.10 Å². The lowest BCUT2D eigenvalue weighted by Crippen LogP contribution is -2.51. The molecule has 0 amide bonds. The third kappa shape index (κ3) is 5.47. The van der Waals surface area contributed by atoms with Crippen LogP contribution >= 0.6 is 12.2 Å². The Hall–Kier alpha value is -2.09. The molecule has 0 saturated carbocycles. The van der Waals surface area contributed by atoms with Gasteiger partial charge in [-0.1, -0.05) is 24.3 Å². The molecule has 150 valence electrons. The molecule has 0 unspecified atom stereocenters. The highest BCUT2D eigenvalue weighted by molar-refractivity contribution is 7.80. The molecule has 1 aliphatic heterocycles. The van der Waals surface area contributed by atoms with Crippen molar-refractivity contribution in [3.8, 4) is 0 Å². The van der Waals surface area contributed by atoms with E-state index in [1.54, 1.807) is 24.3 Å². The Bertz CT molecular complexity index is 717. The van der Waals surface area contributed by atoms with Gasteiger partial charge < -0.3 is 15.0 Å². The quantitative estimate of drug-likeness (QED) is 0.746. The molecule has 28 heavy (non-hydrogen) atoms. The summed E-state index contributed by atoms with van der Waals surface area (Å²) in [7, 11) is 1.84. The predicted molar refractivity (Wildman–Crippen MR) is 110 cm³/mol. The largest absolute Gasteiger partial charge is 0.367 e. The zero-order valence-corrected chi connectivity index (χ0v) is 16.7. The number of hydrogen-bond acceptors (Lipinski definition) is 3. The fraction of sp³-hybridized carbons (Fsp3) is 0.381. The molecule has 1 fully saturated rings. The fourth-order valence-corrected chi connectivity index (χ4v) is 3.47. The van der Waals surface area contributed by atoms with Gasteiger partial charge in [0, 0.05) is 39.8 Å². The Morgan fingerprint density at radius 2 is 1.46 bits per heavy atom. The highest BCUT2D eigenvalue weighted by Gasteiger charge is 2.20. The van der Waals surface area contributed by atoms with Crippen LogP contribution in [0.4, 0.5) is 8.78 Å². The first kappa shape index (κ1) is 20.6. The van der Waals surface area contributed by atoms with Gasteiger partial charge in [0.15, 0.2) is 5.11 Å². The lowest BCUT2D eigenvalue weighted by Gasteiger charge is -2.36. The summed E-state index contributed by atoms with van der Waals surface area (Å²) in [5, 5.41) is 3.79. The molecule has 0 radical (unpaired) electrons. The zero-order valence-electron chi connectivity index (χ0n) is 15.9. The monoisotopic (exact) mass is 405 g/mol. The van der Waals surface area contributed by atoms with Gasteiger partial charge in [0.2, 0.25) is 0 Å². The van der Waals surface area contributed by atoms with Crippen LogP contribution < -0.4 is 5.32 Å². The van der Waals surface area contributed by atoms with Crippen LogP contribution in [-0.4, -0.2) is 61.3 Å². The number of hydrogen-bond donors (Lipinski definition) is 1. The second-order valence-corrected chi connectivity index (χ2v) is 7.12. The summed E-state index contributed by atoms with van der Waals surface area (Å²) >= 11 is 5.28. The van der Waals surface area contributed by atoms with Crippen LogP contribution in [0.5, 0.6) is 0 Å². The highest BCUT2D eigenvalue weighted by atomic mass is 32.1. The van der Waals surface area contributed by atoms with Crippen molar-refractivity contribution in [3.63, 3.8) is 0 Å². The SMILES string of the molecule is CNC(=S)N1CCN(CCOC(c2ccc(F)cc2)c2ccc(F)cc2)CC1. The van der Waals surface area contributed by atoms with Gasteiger partial charge >= 0.3 is 0 Å². The van der Waals surface area contributed by atoms with E-state index in [1.165, 1.54) is 24.3 Å². The molecule has 1 aliphatic rings. The van der Waals surface area contributed by atoms with Gasteiger partial charge in [-0.3, -0.25) is 4.90 Å². The smallest absolute Gasteiger partial charge is 0.168 e. The number of piperazine rings is 1. The van der Waals surface area contributed by atoms with Crippen LogP contribution in [0.2, 0.25) is 0 Å². The molecular weight excluding hydrogens is 380 g/mol. The lowest BCUT2D eigenvalue weighted by molar-refractivity contribution is 0.0517. The third-order valence-electron chi connectivity index (χ3n) is 4.91. The van der Waals surface area contributed by atoms with Crippen LogP contribution in [0.25, 0.3) is 0 Å². The Balaban J connectivity index is 1.59. The number of benzene rings is 2. The molecule has 0 atom stereocenters. The number of halogens is 2. The number of nitrogens with one attached hydrogen (secondary N) is 1. The summed E-state index contributed by atoms with van der Waals surface area (Å²) in [6, 6.07) is 12.5. The maximum atomic E-state index is 13.3. The average Bonchev–Trinajstić information content (AvgIpc) is 2.73. The second kappa shape index (κ2) is 9.91. The van der Waals surface area contributed by atoms with Gasteiger partial charge in [-0.05, 0) is 47.6 Å². The van der Waals surface area contributed by atoms with E-state index in [-0.39, 0.29) is 17.7 Å². The minimum absolute atomic E-state index is 0.293. The highest BCUT2D eigenvalue weighted by Crippen LogP contribution is 2.26. The van der Waals surface area contributed by atoms with Gasteiger partial charge in [0.1, 0.15) is 17.7 Å². The van der Waals surface area contributed by atoms with Crippen molar-refractivity contribution >= 4 is 17.3 Å².